The van der Waals surface area contributed by atoms with Crippen molar-refractivity contribution in [1.29, 1.82) is 0 Å². The second kappa shape index (κ2) is 6.00. The van der Waals surface area contributed by atoms with Gasteiger partial charge in [-0.25, -0.2) is 22.9 Å². The van der Waals surface area contributed by atoms with Gasteiger partial charge in [-0.1, -0.05) is 38.1 Å². The fourth-order valence-corrected chi connectivity index (χ4v) is 4.32. The standard InChI is InChI=1S/C20H19FN2O3S/c1-20(2)17(12-7-9-13(10-8-12)27(22,24)25)18(20)19-23-16(11-26-19)14-5-3-4-6-15(14)21/h3-11,17-18H,1-2H3,(H2,22,24,25)/t17-,18+/m1/s1. The van der Waals surface area contributed by atoms with Gasteiger partial charge in [0, 0.05) is 17.4 Å². The number of oxazole rings is 1. The van der Waals surface area contributed by atoms with Crippen molar-refractivity contribution in [2.24, 2.45) is 10.6 Å². The summed E-state index contributed by atoms with van der Waals surface area (Å²) in [6, 6.07) is 13.0. The lowest BCUT2D eigenvalue weighted by Crippen LogP contribution is -2.11. The summed E-state index contributed by atoms with van der Waals surface area (Å²) in [5.74, 6) is 0.360. The summed E-state index contributed by atoms with van der Waals surface area (Å²) in [6.07, 6.45) is 1.48. The van der Waals surface area contributed by atoms with Crippen LogP contribution in [0, 0.1) is 11.2 Å². The van der Waals surface area contributed by atoms with Gasteiger partial charge in [0.2, 0.25) is 10.0 Å². The zero-order valence-electron chi connectivity index (χ0n) is 14.9. The van der Waals surface area contributed by atoms with Crippen LogP contribution in [-0.2, 0) is 10.0 Å². The fourth-order valence-electron chi connectivity index (χ4n) is 3.81. The van der Waals surface area contributed by atoms with Crippen LogP contribution in [-0.4, -0.2) is 13.4 Å². The SMILES string of the molecule is CC1(C)[C@H](c2ccc(S(N)(=O)=O)cc2)[C@H]1c1nc(-c2ccccc2F)co1. The Kier molecular flexibility index (Phi) is 3.98. The van der Waals surface area contributed by atoms with Gasteiger partial charge in [0.25, 0.3) is 0 Å². The number of hydrogen-bond donors (Lipinski definition) is 1. The summed E-state index contributed by atoms with van der Waals surface area (Å²) in [7, 11) is -3.72. The third kappa shape index (κ3) is 3.07. The van der Waals surface area contributed by atoms with Crippen LogP contribution in [0.3, 0.4) is 0 Å². The van der Waals surface area contributed by atoms with Gasteiger partial charge in [0.15, 0.2) is 5.89 Å². The molecule has 1 saturated carbocycles. The maximum Gasteiger partial charge on any atom is 0.238 e. The van der Waals surface area contributed by atoms with Crippen LogP contribution < -0.4 is 5.14 Å². The molecule has 1 fully saturated rings. The monoisotopic (exact) mass is 386 g/mol. The lowest BCUT2D eigenvalue weighted by molar-refractivity contribution is 0.467. The predicted molar refractivity (Wildman–Crippen MR) is 99.0 cm³/mol. The predicted octanol–water partition coefficient (Wildman–Crippen LogP) is 4.04. The molecular formula is C20H19FN2O3S. The third-order valence-electron chi connectivity index (χ3n) is 5.33. The molecule has 4 rings (SSSR count). The van der Waals surface area contributed by atoms with E-state index in [0.717, 1.165) is 5.56 Å². The highest BCUT2D eigenvalue weighted by Gasteiger charge is 2.61. The third-order valence-corrected chi connectivity index (χ3v) is 6.26. The molecule has 3 aromatic rings. The molecule has 2 aromatic carbocycles. The van der Waals surface area contributed by atoms with Crippen molar-refractivity contribution < 1.29 is 17.2 Å². The summed E-state index contributed by atoms with van der Waals surface area (Å²) >= 11 is 0. The lowest BCUT2D eigenvalue weighted by Gasteiger charge is -2.04. The van der Waals surface area contributed by atoms with Crippen LogP contribution in [0.25, 0.3) is 11.3 Å². The first kappa shape index (κ1) is 17.9. The quantitative estimate of drug-likeness (QED) is 0.733. The Balaban J connectivity index is 1.63. The molecule has 0 radical (unpaired) electrons. The molecule has 1 aliphatic rings. The number of primary sulfonamides is 1. The molecule has 2 atom stereocenters. The number of nitrogens with two attached hydrogens (primary N) is 1. The molecule has 0 spiro atoms. The van der Waals surface area contributed by atoms with Gasteiger partial charge in [-0.3, -0.25) is 0 Å². The van der Waals surface area contributed by atoms with E-state index < -0.39 is 10.0 Å². The lowest BCUT2D eigenvalue weighted by atomic mass is 10.0. The van der Waals surface area contributed by atoms with Gasteiger partial charge in [0.1, 0.15) is 17.8 Å². The Morgan fingerprint density at radius 2 is 1.74 bits per heavy atom. The molecule has 140 valence electrons. The van der Waals surface area contributed by atoms with Gasteiger partial charge in [-0.05, 0) is 35.2 Å². The number of benzene rings is 2. The number of rotatable bonds is 4. The average molecular weight is 386 g/mol. The van der Waals surface area contributed by atoms with E-state index in [0.29, 0.717) is 17.1 Å². The van der Waals surface area contributed by atoms with Gasteiger partial charge in [-0.2, -0.15) is 0 Å². The minimum Gasteiger partial charge on any atom is -0.448 e. The van der Waals surface area contributed by atoms with E-state index in [1.807, 2.05) is 0 Å². The maximum absolute atomic E-state index is 14.0. The molecule has 0 unspecified atom stereocenters. The van der Waals surface area contributed by atoms with E-state index in [9.17, 15) is 12.8 Å². The van der Waals surface area contributed by atoms with Gasteiger partial charge < -0.3 is 4.42 Å². The number of hydrogen-bond acceptors (Lipinski definition) is 4. The Hall–Kier alpha value is -2.51. The van der Waals surface area contributed by atoms with Crippen LogP contribution in [0.4, 0.5) is 4.39 Å². The molecule has 1 aromatic heterocycles. The Morgan fingerprint density at radius 1 is 1.07 bits per heavy atom. The van der Waals surface area contributed by atoms with Crippen LogP contribution in [0.2, 0.25) is 0 Å². The molecule has 0 saturated heterocycles. The minimum absolute atomic E-state index is 0.0263. The number of aromatic nitrogens is 1. The summed E-state index contributed by atoms with van der Waals surface area (Å²) in [5.41, 5.74) is 1.75. The summed E-state index contributed by atoms with van der Waals surface area (Å²) < 4.78 is 42.5. The van der Waals surface area contributed by atoms with Crippen molar-refractivity contribution >= 4 is 10.0 Å². The second-order valence-electron chi connectivity index (χ2n) is 7.44. The van der Waals surface area contributed by atoms with Crippen LogP contribution in [0.5, 0.6) is 0 Å². The maximum atomic E-state index is 14.0. The molecule has 5 nitrogen and oxygen atoms in total. The highest BCUT2D eigenvalue weighted by Crippen LogP contribution is 2.69. The van der Waals surface area contributed by atoms with E-state index in [-0.39, 0.29) is 28.0 Å². The van der Waals surface area contributed by atoms with E-state index in [1.54, 1.807) is 30.3 Å². The van der Waals surface area contributed by atoms with Crippen molar-refractivity contribution in [3.63, 3.8) is 0 Å². The molecule has 1 heterocycles. The Bertz CT molecular complexity index is 1100. The summed E-state index contributed by atoms with van der Waals surface area (Å²) in [4.78, 5) is 4.59. The van der Waals surface area contributed by atoms with Gasteiger partial charge >= 0.3 is 0 Å². The first-order chi connectivity index (χ1) is 12.7. The van der Waals surface area contributed by atoms with Gasteiger partial charge in [-0.15, -0.1) is 0 Å². The van der Waals surface area contributed by atoms with E-state index in [2.05, 4.69) is 18.8 Å². The molecule has 27 heavy (non-hydrogen) atoms. The molecule has 0 bridgehead atoms. The fraction of sp³-hybridized carbons (Fsp3) is 0.250. The molecule has 7 heteroatoms. The van der Waals surface area contributed by atoms with Crippen LogP contribution >= 0.6 is 0 Å². The van der Waals surface area contributed by atoms with Crippen molar-refractivity contribution in [2.45, 2.75) is 30.6 Å². The normalized spacial score (nSPS) is 21.2. The van der Waals surface area contributed by atoms with E-state index >= 15 is 0 Å². The smallest absolute Gasteiger partial charge is 0.238 e. The number of sulfonamides is 1. The zero-order valence-corrected chi connectivity index (χ0v) is 15.7. The summed E-state index contributed by atoms with van der Waals surface area (Å²) in [5, 5.41) is 5.16. The molecule has 0 amide bonds. The van der Waals surface area contributed by atoms with Crippen molar-refractivity contribution in [2.75, 3.05) is 0 Å². The average Bonchev–Trinajstić information content (AvgIpc) is 2.95. The largest absolute Gasteiger partial charge is 0.448 e. The van der Waals surface area contributed by atoms with Crippen LogP contribution in [0.1, 0.15) is 37.1 Å². The highest BCUT2D eigenvalue weighted by molar-refractivity contribution is 7.89. The molecule has 2 N–H and O–H groups in total. The highest BCUT2D eigenvalue weighted by atomic mass is 32.2. The van der Waals surface area contributed by atoms with E-state index in [1.165, 1.54) is 24.5 Å². The molecule has 0 aliphatic heterocycles. The Labute approximate surface area is 157 Å². The van der Waals surface area contributed by atoms with E-state index in [4.69, 9.17) is 9.56 Å². The first-order valence-electron chi connectivity index (χ1n) is 8.52. The second-order valence-corrected chi connectivity index (χ2v) is 9.00. The van der Waals surface area contributed by atoms with Gasteiger partial charge in [0.05, 0.1) is 4.90 Å². The Morgan fingerprint density at radius 3 is 2.37 bits per heavy atom. The number of nitrogens with zero attached hydrogens (tertiary/aromatic N) is 1. The van der Waals surface area contributed by atoms with Crippen molar-refractivity contribution in [3.8, 4) is 11.3 Å². The molecular weight excluding hydrogens is 367 g/mol. The zero-order chi connectivity index (χ0) is 19.4. The first-order valence-corrected chi connectivity index (χ1v) is 10.1. The van der Waals surface area contributed by atoms with Crippen LogP contribution in [0.15, 0.2) is 64.1 Å². The molecule has 1 aliphatic carbocycles. The summed E-state index contributed by atoms with van der Waals surface area (Å²) in [6.45, 7) is 4.20. The number of halogens is 1. The van der Waals surface area contributed by atoms with Crippen molar-refractivity contribution in [3.05, 3.63) is 72.1 Å². The minimum atomic E-state index is -3.72. The topological polar surface area (TPSA) is 86.2 Å². The van der Waals surface area contributed by atoms with Crippen molar-refractivity contribution in [1.82, 2.24) is 4.98 Å².